The molecule has 1 amide bonds. The van der Waals surface area contributed by atoms with Gasteiger partial charge in [-0.1, -0.05) is 13.3 Å². The summed E-state index contributed by atoms with van der Waals surface area (Å²) in [7, 11) is 0. The second-order valence-electron chi connectivity index (χ2n) is 4.38. The number of carbonyl (C=O) groups excluding carboxylic acids is 1. The Bertz CT molecular complexity index is 201. The van der Waals surface area contributed by atoms with E-state index in [0.717, 1.165) is 13.1 Å². The SMILES string of the molecule is CC1CCCC1NC(=O)C1CNC1. The first kappa shape index (κ1) is 9.00. The zero-order chi connectivity index (χ0) is 9.26. The fourth-order valence-electron chi connectivity index (χ4n) is 2.13. The third-order valence-electron chi connectivity index (χ3n) is 3.34. The maximum atomic E-state index is 11.6. The molecular weight excluding hydrogens is 164 g/mol. The summed E-state index contributed by atoms with van der Waals surface area (Å²) in [6, 6.07) is 0.452. The number of nitrogens with one attached hydrogen (secondary N) is 2. The van der Waals surface area contributed by atoms with Gasteiger partial charge in [0.15, 0.2) is 0 Å². The summed E-state index contributed by atoms with van der Waals surface area (Å²) in [5.41, 5.74) is 0. The normalized spacial score (nSPS) is 34.2. The maximum absolute atomic E-state index is 11.6. The van der Waals surface area contributed by atoms with Crippen molar-refractivity contribution in [3.05, 3.63) is 0 Å². The fourth-order valence-corrected chi connectivity index (χ4v) is 2.13. The van der Waals surface area contributed by atoms with Crippen molar-refractivity contribution < 1.29 is 4.79 Å². The molecule has 1 aliphatic heterocycles. The molecule has 1 saturated heterocycles. The molecule has 2 rings (SSSR count). The summed E-state index contributed by atoms with van der Waals surface area (Å²) >= 11 is 0. The molecule has 2 aliphatic rings. The van der Waals surface area contributed by atoms with Gasteiger partial charge in [0.25, 0.3) is 0 Å². The van der Waals surface area contributed by atoms with Crippen LogP contribution in [0.25, 0.3) is 0 Å². The van der Waals surface area contributed by atoms with E-state index in [1.807, 2.05) is 0 Å². The highest BCUT2D eigenvalue weighted by Gasteiger charge is 2.30. The molecule has 2 fully saturated rings. The van der Waals surface area contributed by atoms with Gasteiger partial charge in [-0.2, -0.15) is 0 Å². The zero-order valence-electron chi connectivity index (χ0n) is 8.18. The molecule has 0 aromatic carbocycles. The fraction of sp³-hybridized carbons (Fsp3) is 0.900. The second-order valence-corrected chi connectivity index (χ2v) is 4.38. The minimum atomic E-state index is 0.243. The molecule has 13 heavy (non-hydrogen) atoms. The van der Waals surface area contributed by atoms with Gasteiger partial charge in [-0.25, -0.2) is 0 Å². The Kier molecular flexibility index (Phi) is 2.54. The van der Waals surface area contributed by atoms with Crippen LogP contribution >= 0.6 is 0 Å². The summed E-state index contributed by atoms with van der Waals surface area (Å²) in [5, 5.41) is 6.27. The van der Waals surface area contributed by atoms with Gasteiger partial charge < -0.3 is 10.6 Å². The van der Waals surface area contributed by atoms with Crippen LogP contribution in [0.4, 0.5) is 0 Å². The van der Waals surface area contributed by atoms with Gasteiger partial charge in [-0.05, 0) is 18.8 Å². The lowest BCUT2D eigenvalue weighted by Crippen LogP contribution is -2.53. The monoisotopic (exact) mass is 182 g/mol. The van der Waals surface area contributed by atoms with E-state index in [1.165, 1.54) is 19.3 Å². The number of rotatable bonds is 2. The Labute approximate surface area is 79.3 Å². The first-order chi connectivity index (χ1) is 6.27. The number of carbonyl (C=O) groups is 1. The molecule has 3 nitrogen and oxygen atoms in total. The van der Waals surface area contributed by atoms with Gasteiger partial charge in [0.05, 0.1) is 5.92 Å². The first-order valence-corrected chi connectivity index (χ1v) is 5.28. The van der Waals surface area contributed by atoms with E-state index in [-0.39, 0.29) is 11.8 Å². The Morgan fingerprint density at radius 2 is 2.15 bits per heavy atom. The van der Waals surface area contributed by atoms with Crippen LogP contribution in [0.5, 0.6) is 0 Å². The molecule has 2 atom stereocenters. The van der Waals surface area contributed by atoms with E-state index >= 15 is 0 Å². The van der Waals surface area contributed by atoms with Gasteiger partial charge in [-0.15, -0.1) is 0 Å². The van der Waals surface area contributed by atoms with Crippen molar-refractivity contribution in [3.63, 3.8) is 0 Å². The largest absolute Gasteiger partial charge is 0.353 e. The van der Waals surface area contributed by atoms with Crippen molar-refractivity contribution in [3.8, 4) is 0 Å². The highest BCUT2D eigenvalue weighted by atomic mass is 16.2. The van der Waals surface area contributed by atoms with Crippen LogP contribution in [0, 0.1) is 11.8 Å². The lowest BCUT2D eigenvalue weighted by molar-refractivity contribution is -0.127. The molecule has 1 aliphatic carbocycles. The lowest BCUT2D eigenvalue weighted by atomic mass is 10.0. The average Bonchev–Trinajstić information content (AvgIpc) is 2.32. The Hall–Kier alpha value is -0.570. The minimum Gasteiger partial charge on any atom is -0.353 e. The molecule has 2 N–H and O–H groups in total. The summed E-state index contributed by atoms with van der Waals surface area (Å²) in [5.74, 6) is 1.18. The smallest absolute Gasteiger partial charge is 0.225 e. The van der Waals surface area contributed by atoms with Crippen molar-refractivity contribution in [1.29, 1.82) is 0 Å². The minimum absolute atomic E-state index is 0.243. The summed E-state index contributed by atoms with van der Waals surface area (Å²) < 4.78 is 0. The van der Waals surface area contributed by atoms with Gasteiger partial charge in [0, 0.05) is 19.1 Å². The number of amides is 1. The van der Waals surface area contributed by atoms with Crippen molar-refractivity contribution in [2.45, 2.75) is 32.2 Å². The van der Waals surface area contributed by atoms with Crippen LogP contribution in [-0.2, 0) is 4.79 Å². The molecule has 1 heterocycles. The van der Waals surface area contributed by atoms with Gasteiger partial charge >= 0.3 is 0 Å². The second kappa shape index (κ2) is 3.66. The molecule has 0 aromatic heterocycles. The standard InChI is InChI=1S/C10H18N2O/c1-7-3-2-4-9(7)12-10(13)8-5-11-6-8/h7-9,11H,2-6H2,1H3,(H,12,13). The third kappa shape index (κ3) is 1.85. The van der Waals surface area contributed by atoms with E-state index in [2.05, 4.69) is 17.6 Å². The molecule has 1 saturated carbocycles. The van der Waals surface area contributed by atoms with Crippen molar-refractivity contribution >= 4 is 5.91 Å². The highest BCUT2D eigenvalue weighted by Crippen LogP contribution is 2.25. The predicted molar refractivity (Wildman–Crippen MR) is 51.3 cm³/mol. The summed E-state index contributed by atoms with van der Waals surface area (Å²) in [6.45, 7) is 3.97. The van der Waals surface area contributed by atoms with E-state index in [4.69, 9.17) is 0 Å². The van der Waals surface area contributed by atoms with Crippen molar-refractivity contribution in [2.75, 3.05) is 13.1 Å². The van der Waals surface area contributed by atoms with E-state index in [0.29, 0.717) is 12.0 Å². The Morgan fingerprint density at radius 1 is 1.38 bits per heavy atom. The van der Waals surface area contributed by atoms with Crippen LogP contribution in [0.15, 0.2) is 0 Å². The average molecular weight is 182 g/mol. The van der Waals surface area contributed by atoms with Crippen LogP contribution in [0.1, 0.15) is 26.2 Å². The highest BCUT2D eigenvalue weighted by molar-refractivity contribution is 5.80. The van der Waals surface area contributed by atoms with Crippen LogP contribution < -0.4 is 10.6 Å². The zero-order valence-corrected chi connectivity index (χ0v) is 8.18. The quantitative estimate of drug-likeness (QED) is 0.653. The Balaban J connectivity index is 1.79. The molecular formula is C10H18N2O. The Morgan fingerprint density at radius 3 is 2.62 bits per heavy atom. The molecule has 0 aromatic rings. The first-order valence-electron chi connectivity index (χ1n) is 5.28. The van der Waals surface area contributed by atoms with Gasteiger partial charge in [0.2, 0.25) is 5.91 Å². The van der Waals surface area contributed by atoms with Crippen LogP contribution in [-0.4, -0.2) is 25.0 Å². The molecule has 0 spiro atoms. The molecule has 2 unspecified atom stereocenters. The van der Waals surface area contributed by atoms with Crippen LogP contribution in [0.2, 0.25) is 0 Å². The van der Waals surface area contributed by atoms with E-state index < -0.39 is 0 Å². The molecule has 0 bridgehead atoms. The summed E-state index contributed by atoms with van der Waals surface area (Å²) in [6.07, 6.45) is 3.72. The maximum Gasteiger partial charge on any atom is 0.225 e. The molecule has 74 valence electrons. The third-order valence-corrected chi connectivity index (χ3v) is 3.34. The van der Waals surface area contributed by atoms with E-state index in [9.17, 15) is 4.79 Å². The van der Waals surface area contributed by atoms with E-state index in [1.54, 1.807) is 0 Å². The topological polar surface area (TPSA) is 41.1 Å². The molecule has 3 heteroatoms. The number of hydrogen-bond acceptors (Lipinski definition) is 2. The van der Waals surface area contributed by atoms with Crippen LogP contribution in [0.3, 0.4) is 0 Å². The molecule has 0 radical (unpaired) electrons. The predicted octanol–water partition coefficient (Wildman–Crippen LogP) is 0.511. The van der Waals surface area contributed by atoms with Crippen molar-refractivity contribution in [2.24, 2.45) is 11.8 Å². The summed E-state index contributed by atoms with van der Waals surface area (Å²) in [4.78, 5) is 11.6. The lowest BCUT2D eigenvalue weighted by Gasteiger charge is -2.28. The van der Waals surface area contributed by atoms with Gasteiger partial charge in [0.1, 0.15) is 0 Å². The number of hydrogen-bond donors (Lipinski definition) is 2. The van der Waals surface area contributed by atoms with Crippen molar-refractivity contribution in [1.82, 2.24) is 10.6 Å². The van der Waals surface area contributed by atoms with Gasteiger partial charge in [-0.3, -0.25) is 4.79 Å².